The molecule has 5 heteroatoms. The molecule has 170 valence electrons. The Hall–Kier alpha value is -2.70. The molecule has 1 unspecified atom stereocenters. The van der Waals surface area contributed by atoms with Gasteiger partial charge in [-0.15, -0.1) is 0 Å². The van der Waals surface area contributed by atoms with E-state index in [2.05, 4.69) is 21.7 Å². The molecule has 1 fully saturated rings. The Kier molecular flexibility index (Phi) is 6.74. The van der Waals surface area contributed by atoms with Crippen LogP contribution in [-0.2, 0) is 23.4 Å². The van der Waals surface area contributed by atoms with Crippen molar-refractivity contribution < 1.29 is 14.3 Å². The van der Waals surface area contributed by atoms with Crippen LogP contribution in [0.3, 0.4) is 0 Å². The van der Waals surface area contributed by atoms with Gasteiger partial charge in [-0.05, 0) is 58.5 Å². The normalized spacial score (nSPS) is 16.5. The molecule has 4 aromatic rings. The highest BCUT2D eigenvalue weighted by atomic mass is 32.1. The summed E-state index contributed by atoms with van der Waals surface area (Å²) >= 11 is 1.72. The lowest BCUT2D eigenvalue weighted by Gasteiger charge is -2.27. The Morgan fingerprint density at radius 2 is 1.64 bits per heavy atom. The molecular formula is C28H29NO3S. The minimum atomic E-state index is -1.35. The maximum atomic E-state index is 12.0. The average molecular weight is 460 g/mol. The van der Waals surface area contributed by atoms with E-state index in [1.165, 1.54) is 5.56 Å². The topological polar surface area (TPSA) is 45.8 Å². The molecule has 1 N–H and O–H groups in total. The molecule has 1 aliphatic rings. The van der Waals surface area contributed by atoms with Crippen LogP contribution in [0.5, 0.6) is 0 Å². The summed E-state index contributed by atoms with van der Waals surface area (Å²) in [4.78, 5) is 2.38. The zero-order chi connectivity index (χ0) is 22.5. The van der Waals surface area contributed by atoms with Crippen molar-refractivity contribution in [2.24, 2.45) is 0 Å². The molecule has 1 aliphatic heterocycles. The second-order valence-electron chi connectivity index (χ2n) is 8.64. The number of hydrogen-bond donors (Lipinski definition) is 1. The Labute approximate surface area is 199 Å². The second-order valence-corrected chi connectivity index (χ2v) is 9.42. The quantitative estimate of drug-likeness (QED) is 0.343. The molecule has 2 aromatic carbocycles. The van der Waals surface area contributed by atoms with E-state index in [4.69, 9.17) is 9.15 Å². The van der Waals surface area contributed by atoms with Crippen molar-refractivity contribution in [3.05, 3.63) is 118 Å². The number of rotatable bonds is 9. The Bertz CT molecular complexity index is 1080. The van der Waals surface area contributed by atoms with E-state index in [9.17, 15) is 5.11 Å². The monoisotopic (exact) mass is 459 g/mol. The molecule has 1 atom stereocenters. The van der Waals surface area contributed by atoms with Gasteiger partial charge in [0.15, 0.2) is 5.60 Å². The minimum absolute atomic E-state index is 0.267. The van der Waals surface area contributed by atoms with Crippen molar-refractivity contribution in [1.29, 1.82) is 0 Å². The SMILES string of the molecule is OC(c1ccccc1)(c1ccccc1)c1ccc(CN(Cc2ccsc2)CC2CCCO2)o1. The molecule has 3 heterocycles. The lowest BCUT2D eigenvalue weighted by atomic mass is 9.84. The molecule has 0 saturated carbocycles. The van der Waals surface area contributed by atoms with Gasteiger partial charge < -0.3 is 14.3 Å². The molecule has 0 aliphatic carbocycles. The third-order valence-corrected chi connectivity index (χ3v) is 6.98. The van der Waals surface area contributed by atoms with Gasteiger partial charge in [0.05, 0.1) is 12.6 Å². The summed E-state index contributed by atoms with van der Waals surface area (Å²) in [5, 5.41) is 16.3. The van der Waals surface area contributed by atoms with Crippen LogP contribution in [0, 0.1) is 0 Å². The number of nitrogens with zero attached hydrogens (tertiary/aromatic N) is 1. The van der Waals surface area contributed by atoms with E-state index < -0.39 is 5.60 Å². The first-order valence-corrected chi connectivity index (χ1v) is 12.4. The summed E-state index contributed by atoms with van der Waals surface area (Å²) < 4.78 is 12.2. The molecule has 1 saturated heterocycles. The fourth-order valence-corrected chi connectivity index (χ4v) is 5.25. The van der Waals surface area contributed by atoms with Crippen LogP contribution >= 0.6 is 11.3 Å². The molecule has 0 spiro atoms. The van der Waals surface area contributed by atoms with Gasteiger partial charge in [0, 0.05) is 19.7 Å². The zero-order valence-corrected chi connectivity index (χ0v) is 19.4. The molecule has 0 bridgehead atoms. The third kappa shape index (κ3) is 4.97. The van der Waals surface area contributed by atoms with Gasteiger partial charge in [-0.25, -0.2) is 0 Å². The molecule has 33 heavy (non-hydrogen) atoms. The number of furan rings is 1. The van der Waals surface area contributed by atoms with E-state index >= 15 is 0 Å². The number of ether oxygens (including phenoxy) is 1. The number of aliphatic hydroxyl groups is 1. The smallest absolute Gasteiger partial charge is 0.173 e. The van der Waals surface area contributed by atoms with Crippen LogP contribution in [0.4, 0.5) is 0 Å². The van der Waals surface area contributed by atoms with Gasteiger partial charge in [-0.2, -0.15) is 11.3 Å². The molecule has 5 rings (SSSR count). The van der Waals surface area contributed by atoms with Gasteiger partial charge in [0.25, 0.3) is 0 Å². The lowest BCUT2D eigenvalue weighted by Crippen LogP contribution is -2.31. The number of thiophene rings is 1. The van der Waals surface area contributed by atoms with Crippen LogP contribution in [0.15, 0.2) is 94.0 Å². The minimum Gasteiger partial charge on any atom is -0.461 e. The fourth-order valence-electron chi connectivity index (χ4n) is 4.59. The van der Waals surface area contributed by atoms with Crippen molar-refractivity contribution in [3.63, 3.8) is 0 Å². The number of hydrogen-bond acceptors (Lipinski definition) is 5. The molecule has 4 nitrogen and oxygen atoms in total. The molecule has 0 amide bonds. The highest BCUT2D eigenvalue weighted by molar-refractivity contribution is 7.07. The second kappa shape index (κ2) is 10.1. The van der Waals surface area contributed by atoms with Crippen molar-refractivity contribution in [2.45, 2.75) is 37.6 Å². The summed E-state index contributed by atoms with van der Waals surface area (Å²) in [7, 11) is 0. The van der Waals surface area contributed by atoms with Gasteiger partial charge in [-0.1, -0.05) is 60.7 Å². The van der Waals surface area contributed by atoms with Crippen LogP contribution in [-0.4, -0.2) is 29.3 Å². The van der Waals surface area contributed by atoms with E-state index in [-0.39, 0.29) is 6.10 Å². The first-order chi connectivity index (χ1) is 16.2. The maximum Gasteiger partial charge on any atom is 0.173 e. The van der Waals surface area contributed by atoms with Crippen LogP contribution < -0.4 is 0 Å². The van der Waals surface area contributed by atoms with Crippen molar-refractivity contribution >= 4 is 11.3 Å². The average Bonchev–Trinajstić information content (AvgIpc) is 3.64. The summed E-state index contributed by atoms with van der Waals surface area (Å²) in [6.07, 6.45) is 2.50. The third-order valence-electron chi connectivity index (χ3n) is 6.25. The Morgan fingerprint density at radius 3 is 2.24 bits per heavy atom. The first-order valence-electron chi connectivity index (χ1n) is 11.5. The zero-order valence-electron chi connectivity index (χ0n) is 18.6. The van der Waals surface area contributed by atoms with Crippen molar-refractivity contribution in [2.75, 3.05) is 13.2 Å². The van der Waals surface area contributed by atoms with Crippen molar-refractivity contribution in [1.82, 2.24) is 4.90 Å². The summed E-state index contributed by atoms with van der Waals surface area (Å²) in [6, 6.07) is 25.5. The Balaban J connectivity index is 1.43. The summed E-state index contributed by atoms with van der Waals surface area (Å²) in [6.45, 7) is 3.23. The van der Waals surface area contributed by atoms with Gasteiger partial charge in [-0.3, -0.25) is 4.90 Å². The van der Waals surface area contributed by atoms with Crippen LogP contribution in [0.2, 0.25) is 0 Å². The van der Waals surface area contributed by atoms with Crippen LogP contribution in [0.1, 0.15) is 41.1 Å². The molecular weight excluding hydrogens is 430 g/mol. The summed E-state index contributed by atoms with van der Waals surface area (Å²) in [5.41, 5.74) is 1.51. The van der Waals surface area contributed by atoms with E-state index in [0.29, 0.717) is 12.3 Å². The molecule has 0 radical (unpaired) electrons. The predicted molar refractivity (Wildman–Crippen MR) is 131 cm³/mol. The van der Waals surface area contributed by atoms with E-state index in [0.717, 1.165) is 49.4 Å². The predicted octanol–water partition coefficient (Wildman–Crippen LogP) is 5.81. The van der Waals surface area contributed by atoms with Crippen LogP contribution in [0.25, 0.3) is 0 Å². The van der Waals surface area contributed by atoms with E-state index in [1.54, 1.807) is 11.3 Å². The largest absolute Gasteiger partial charge is 0.461 e. The maximum absolute atomic E-state index is 12.0. The first kappa shape index (κ1) is 22.1. The lowest BCUT2D eigenvalue weighted by molar-refractivity contribution is 0.0630. The van der Waals surface area contributed by atoms with E-state index in [1.807, 2.05) is 72.8 Å². The highest BCUT2D eigenvalue weighted by Crippen LogP contribution is 2.37. The summed E-state index contributed by atoms with van der Waals surface area (Å²) in [5.74, 6) is 1.37. The van der Waals surface area contributed by atoms with Gasteiger partial charge >= 0.3 is 0 Å². The standard InChI is InChI=1S/C28H29NO3S/c30-28(23-8-3-1-4-9-23,24-10-5-2-6-11-24)27-14-13-26(32-27)20-29(18-22-15-17-33-21-22)19-25-12-7-16-31-25/h1-6,8-11,13-15,17,21,25,30H,7,12,16,18-20H2. The fraction of sp³-hybridized carbons (Fsp3) is 0.286. The molecule has 2 aromatic heterocycles. The Morgan fingerprint density at radius 1 is 0.909 bits per heavy atom. The van der Waals surface area contributed by atoms with Gasteiger partial charge in [0.2, 0.25) is 0 Å². The number of benzene rings is 2. The van der Waals surface area contributed by atoms with Gasteiger partial charge in [0.1, 0.15) is 11.5 Å². The van der Waals surface area contributed by atoms with Crippen molar-refractivity contribution in [3.8, 4) is 0 Å². The highest BCUT2D eigenvalue weighted by Gasteiger charge is 2.37.